The lowest BCUT2D eigenvalue weighted by molar-refractivity contribution is 0.103. The van der Waals surface area contributed by atoms with Crippen LogP contribution in [0.1, 0.15) is 15.9 Å². The van der Waals surface area contributed by atoms with Gasteiger partial charge in [0.1, 0.15) is 5.69 Å². The van der Waals surface area contributed by atoms with E-state index >= 15 is 0 Å². The summed E-state index contributed by atoms with van der Waals surface area (Å²) < 4.78 is 0.704. The Morgan fingerprint density at radius 3 is 2.06 bits per heavy atom. The zero-order valence-corrected chi connectivity index (χ0v) is 11.1. The van der Waals surface area contributed by atoms with Gasteiger partial charge < -0.3 is 0 Å². The lowest BCUT2D eigenvalue weighted by Crippen LogP contribution is -2.34. The largest absolute Gasteiger partial charge is 0.298 e. The van der Waals surface area contributed by atoms with Gasteiger partial charge in [0.25, 0.3) is 0 Å². The average Bonchev–Trinajstić information content (AvgIpc) is 2.38. The van der Waals surface area contributed by atoms with Crippen LogP contribution in [-0.2, 0) is 0 Å². The highest BCUT2D eigenvalue weighted by molar-refractivity contribution is 6.09. The van der Waals surface area contributed by atoms with E-state index in [0.29, 0.717) is 4.48 Å². The molecule has 0 saturated carbocycles. The van der Waals surface area contributed by atoms with Gasteiger partial charge in [0.05, 0.1) is 21.1 Å². The predicted molar refractivity (Wildman–Crippen MR) is 75.9 cm³/mol. The van der Waals surface area contributed by atoms with E-state index in [1.54, 1.807) is 0 Å². The first-order valence-corrected chi connectivity index (χ1v) is 6.00. The Bertz CT molecular complexity index is 553. The number of carbonyl (C=O) groups is 1. The van der Waals surface area contributed by atoms with Crippen LogP contribution in [0.2, 0.25) is 0 Å². The highest BCUT2D eigenvalue weighted by Crippen LogP contribution is 2.20. The topological polar surface area (TPSA) is 17.1 Å². The van der Waals surface area contributed by atoms with Crippen LogP contribution in [0.15, 0.2) is 54.6 Å². The molecule has 0 N–H and O–H groups in total. The molecule has 2 heteroatoms. The molecule has 0 bridgehead atoms. The van der Waals surface area contributed by atoms with E-state index in [4.69, 9.17) is 0 Å². The Morgan fingerprint density at radius 2 is 1.44 bits per heavy atom. The van der Waals surface area contributed by atoms with Crippen molar-refractivity contribution >= 4 is 11.5 Å². The Kier molecular flexibility index (Phi) is 3.30. The summed E-state index contributed by atoms with van der Waals surface area (Å²) in [6, 6.07) is 17.2. The molecule has 0 radical (unpaired) electrons. The predicted octanol–water partition coefficient (Wildman–Crippen LogP) is 3.11. The lowest BCUT2D eigenvalue weighted by Gasteiger charge is -2.23. The second-order valence-corrected chi connectivity index (χ2v) is 5.26. The second-order valence-electron chi connectivity index (χ2n) is 5.26. The van der Waals surface area contributed by atoms with Crippen LogP contribution in [0.4, 0.5) is 5.69 Å². The summed E-state index contributed by atoms with van der Waals surface area (Å²) in [5.74, 6) is 0.0749. The first-order chi connectivity index (χ1) is 8.48. The van der Waals surface area contributed by atoms with Gasteiger partial charge in [0.2, 0.25) is 0 Å². The third kappa shape index (κ3) is 2.66. The number of rotatable bonds is 3. The van der Waals surface area contributed by atoms with Crippen molar-refractivity contribution in [3.05, 3.63) is 65.7 Å². The van der Waals surface area contributed by atoms with Crippen molar-refractivity contribution in [2.24, 2.45) is 0 Å². The Morgan fingerprint density at radius 1 is 0.833 bits per heavy atom. The molecule has 0 aliphatic rings. The van der Waals surface area contributed by atoms with Gasteiger partial charge in [-0.1, -0.05) is 42.5 Å². The molecule has 0 saturated heterocycles. The van der Waals surface area contributed by atoms with Crippen molar-refractivity contribution in [2.75, 3.05) is 21.1 Å². The zero-order valence-electron chi connectivity index (χ0n) is 11.1. The number of benzene rings is 2. The Labute approximate surface area is 108 Å². The molecule has 0 aromatic heterocycles. The average molecular weight is 240 g/mol. The fourth-order valence-electron chi connectivity index (χ4n) is 1.82. The van der Waals surface area contributed by atoms with Gasteiger partial charge in [-0.3, -0.25) is 9.28 Å². The molecule has 0 spiro atoms. The first-order valence-electron chi connectivity index (χ1n) is 6.00. The van der Waals surface area contributed by atoms with Crippen LogP contribution in [0.5, 0.6) is 0 Å². The molecule has 2 rings (SSSR count). The maximum absolute atomic E-state index is 12.3. The van der Waals surface area contributed by atoms with Gasteiger partial charge >= 0.3 is 0 Å². The molecule has 0 aliphatic carbocycles. The van der Waals surface area contributed by atoms with Gasteiger partial charge in [-0.2, -0.15) is 0 Å². The molecule has 0 aliphatic heterocycles. The quantitative estimate of drug-likeness (QED) is 0.595. The van der Waals surface area contributed by atoms with Gasteiger partial charge in [-0.25, -0.2) is 0 Å². The molecule has 18 heavy (non-hydrogen) atoms. The minimum Gasteiger partial charge on any atom is -0.298 e. The molecular weight excluding hydrogens is 222 g/mol. The molecule has 0 atom stereocenters. The number of ketones is 1. The van der Waals surface area contributed by atoms with Crippen LogP contribution in [0.25, 0.3) is 0 Å². The molecule has 0 unspecified atom stereocenters. The van der Waals surface area contributed by atoms with Crippen LogP contribution < -0.4 is 4.48 Å². The summed E-state index contributed by atoms with van der Waals surface area (Å²) in [5, 5.41) is 0. The fraction of sp³-hybridized carbons (Fsp3) is 0.188. The third-order valence-electron chi connectivity index (χ3n) is 2.92. The standard InChI is InChI=1S/C16H18NO/c1-17(2,3)15-11-7-10-14(12-15)16(18)13-8-5-4-6-9-13/h4-12H,1-3H3/q+1. The van der Waals surface area contributed by atoms with Crippen LogP contribution >= 0.6 is 0 Å². The smallest absolute Gasteiger partial charge is 0.193 e. The molecule has 0 fully saturated rings. The Balaban J connectivity index is 2.38. The van der Waals surface area contributed by atoms with E-state index in [2.05, 4.69) is 21.1 Å². The van der Waals surface area contributed by atoms with Crippen molar-refractivity contribution in [1.29, 1.82) is 0 Å². The third-order valence-corrected chi connectivity index (χ3v) is 2.92. The van der Waals surface area contributed by atoms with E-state index in [1.165, 1.54) is 0 Å². The minimum absolute atomic E-state index is 0.0749. The molecule has 0 amide bonds. The van der Waals surface area contributed by atoms with Gasteiger partial charge in [-0.15, -0.1) is 0 Å². The summed E-state index contributed by atoms with van der Waals surface area (Å²) in [4.78, 5) is 12.3. The summed E-state index contributed by atoms with van der Waals surface area (Å²) in [6.45, 7) is 0. The van der Waals surface area contributed by atoms with E-state index in [1.807, 2.05) is 54.6 Å². The monoisotopic (exact) mass is 240 g/mol. The number of hydrogen-bond acceptors (Lipinski definition) is 1. The zero-order chi connectivity index (χ0) is 13.2. The molecule has 2 nitrogen and oxygen atoms in total. The van der Waals surface area contributed by atoms with E-state index in [-0.39, 0.29) is 5.78 Å². The van der Waals surface area contributed by atoms with E-state index < -0.39 is 0 Å². The van der Waals surface area contributed by atoms with Crippen molar-refractivity contribution in [3.63, 3.8) is 0 Å². The Hall–Kier alpha value is -1.93. The summed E-state index contributed by atoms with van der Waals surface area (Å²) in [5.41, 5.74) is 2.60. The van der Waals surface area contributed by atoms with Crippen LogP contribution in [0, 0.1) is 0 Å². The summed E-state index contributed by atoms with van der Waals surface area (Å²) in [6.07, 6.45) is 0. The maximum atomic E-state index is 12.3. The normalized spacial score (nSPS) is 11.3. The number of carbonyl (C=O) groups excluding carboxylic acids is 1. The van der Waals surface area contributed by atoms with Gasteiger partial charge in [0, 0.05) is 17.2 Å². The number of nitrogens with zero attached hydrogens (tertiary/aromatic N) is 1. The molecule has 2 aromatic carbocycles. The minimum atomic E-state index is 0.0749. The van der Waals surface area contributed by atoms with Crippen molar-refractivity contribution < 1.29 is 4.79 Å². The number of quaternary nitrogens is 1. The highest BCUT2D eigenvalue weighted by atomic mass is 16.1. The van der Waals surface area contributed by atoms with Gasteiger partial charge in [-0.05, 0) is 6.07 Å². The van der Waals surface area contributed by atoms with Crippen molar-refractivity contribution in [2.45, 2.75) is 0 Å². The molecule has 0 heterocycles. The SMILES string of the molecule is C[N+](C)(C)c1cccc(C(=O)c2ccccc2)c1. The van der Waals surface area contributed by atoms with E-state index in [0.717, 1.165) is 16.8 Å². The fourth-order valence-corrected chi connectivity index (χ4v) is 1.82. The second kappa shape index (κ2) is 4.75. The maximum Gasteiger partial charge on any atom is 0.193 e. The van der Waals surface area contributed by atoms with Crippen LogP contribution in [-0.4, -0.2) is 26.9 Å². The highest BCUT2D eigenvalue weighted by Gasteiger charge is 2.15. The number of hydrogen-bond donors (Lipinski definition) is 0. The molecule has 92 valence electrons. The molecular formula is C16H18NO+. The van der Waals surface area contributed by atoms with Gasteiger partial charge in [0.15, 0.2) is 5.78 Å². The lowest BCUT2D eigenvalue weighted by atomic mass is 10.0. The van der Waals surface area contributed by atoms with E-state index in [9.17, 15) is 4.79 Å². The first kappa shape index (κ1) is 12.5. The summed E-state index contributed by atoms with van der Waals surface area (Å²) >= 11 is 0. The summed E-state index contributed by atoms with van der Waals surface area (Å²) in [7, 11) is 6.27. The van der Waals surface area contributed by atoms with Crippen LogP contribution in [0.3, 0.4) is 0 Å². The van der Waals surface area contributed by atoms with Crippen molar-refractivity contribution in [1.82, 2.24) is 4.48 Å². The molecule has 2 aromatic rings. The van der Waals surface area contributed by atoms with Crippen molar-refractivity contribution in [3.8, 4) is 0 Å².